The fourth-order valence-corrected chi connectivity index (χ4v) is 3.83. The van der Waals surface area contributed by atoms with Gasteiger partial charge in [-0.05, 0) is 60.3 Å². The molecule has 0 aliphatic carbocycles. The van der Waals surface area contributed by atoms with Crippen LogP contribution in [0.25, 0.3) is 6.08 Å². The van der Waals surface area contributed by atoms with Crippen LogP contribution in [0.15, 0.2) is 107 Å². The molecule has 0 radical (unpaired) electrons. The lowest BCUT2D eigenvalue weighted by molar-refractivity contribution is -0.120. The third kappa shape index (κ3) is 4.40. The number of thiocarbonyl (C=S) groups is 1. The van der Waals surface area contributed by atoms with Crippen molar-refractivity contribution in [2.45, 2.75) is 0 Å². The minimum absolute atomic E-state index is 0.0348. The van der Waals surface area contributed by atoms with Crippen molar-refractivity contribution >= 4 is 62.5 Å². The first-order valence-corrected chi connectivity index (χ1v) is 10.7. The molecule has 1 fully saturated rings. The van der Waals surface area contributed by atoms with Gasteiger partial charge in [-0.25, -0.2) is 0 Å². The quantitative estimate of drug-likeness (QED) is 0.266. The number of benzene rings is 3. The number of carbonyl (C=O) groups excluding carboxylic acids is 2. The highest BCUT2D eigenvalue weighted by Gasteiger charge is 2.40. The van der Waals surface area contributed by atoms with Gasteiger partial charge in [0.15, 0.2) is 5.11 Å². The lowest BCUT2D eigenvalue weighted by Crippen LogP contribution is -2.57. The van der Waals surface area contributed by atoms with Crippen LogP contribution in [0.2, 0.25) is 0 Å². The van der Waals surface area contributed by atoms with Crippen LogP contribution >= 0.6 is 28.1 Å². The number of hydrogen-bond acceptors (Lipinski definition) is 3. The molecular formula is C25H17BrN2O2S. The minimum atomic E-state index is -0.456. The molecule has 3 aromatic carbocycles. The predicted molar refractivity (Wildman–Crippen MR) is 132 cm³/mol. The molecule has 6 heteroatoms. The Hall–Kier alpha value is -3.35. The van der Waals surface area contributed by atoms with E-state index >= 15 is 0 Å². The number of para-hydroxylation sites is 1. The zero-order valence-electron chi connectivity index (χ0n) is 16.3. The zero-order chi connectivity index (χ0) is 21.8. The number of hydrogen-bond donors (Lipinski definition) is 0. The summed E-state index contributed by atoms with van der Waals surface area (Å²) in [5, 5.41) is 0.118. The normalized spacial score (nSPS) is 15.9. The zero-order valence-corrected chi connectivity index (χ0v) is 18.7. The van der Waals surface area contributed by atoms with Crippen LogP contribution in [0, 0.1) is 0 Å². The van der Waals surface area contributed by atoms with Crippen LogP contribution in [0.4, 0.5) is 11.4 Å². The largest absolute Gasteiger partial charge is 0.270 e. The molecule has 152 valence electrons. The van der Waals surface area contributed by atoms with Crippen molar-refractivity contribution in [3.05, 3.63) is 113 Å². The molecule has 3 aromatic rings. The van der Waals surface area contributed by atoms with Crippen LogP contribution in [-0.4, -0.2) is 16.9 Å². The number of amides is 2. The van der Waals surface area contributed by atoms with E-state index in [1.54, 1.807) is 36.4 Å². The van der Waals surface area contributed by atoms with E-state index in [-0.39, 0.29) is 10.7 Å². The molecule has 4 nitrogen and oxygen atoms in total. The molecule has 0 bridgehead atoms. The first-order chi connectivity index (χ1) is 15.1. The van der Waals surface area contributed by atoms with Crippen LogP contribution < -0.4 is 9.80 Å². The average Bonchev–Trinajstić information content (AvgIpc) is 2.79. The second-order valence-corrected chi connectivity index (χ2v) is 8.01. The Bertz CT molecular complexity index is 1190. The van der Waals surface area contributed by atoms with Gasteiger partial charge in [0.1, 0.15) is 5.57 Å². The van der Waals surface area contributed by atoms with Gasteiger partial charge in [0, 0.05) is 4.47 Å². The predicted octanol–water partition coefficient (Wildman–Crippen LogP) is 5.75. The Morgan fingerprint density at radius 1 is 0.710 bits per heavy atom. The van der Waals surface area contributed by atoms with Gasteiger partial charge < -0.3 is 0 Å². The monoisotopic (exact) mass is 488 g/mol. The van der Waals surface area contributed by atoms with Crippen molar-refractivity contribution < 1.29 is 9.59 Å². The number of carbonyl (C=O) groups is 2. The third-order valence-electron chi connectivity index (χ3n) is 4.70. The SMILES string of the molecule is O=C1/C(=C/C=C\c2ccccc2)C(=O)N(c2ccc(Br)cc2)C(=S)N1c1ccccc1. The van der Waals surface area contributed by atoms with E-state index in [4.69, 9.17) is 12.2 Å². The number of halogens is 1. The molecule has 0 N–H and O–H groups in total. The summed E-state index contributed by atoms with van der Waals surface area (Å²) in [4.78, 5) is 29.4. The van der Waals surface area contributed by atoms with Crippen LogP contribution in [-0.2, 0) is 9.59 Å². The van der Waals surface area contributed by atoms with E-state index in [1.807, 2.05) is 66.7 Å². The van der Waals surface area contributed by atoms with Crippen molar-refractivity contribution in [1.29, 1.82) is 0 Å². The third-order valence-corrected chi connectivity index (χ3v) is 5.59. The summed E-state index contributed by atoms with van der Waals surface area (Å²) in [7, 11) is 0. The van der Waals surface area contributed by atoms with E-state index in [9.17, 15) is 9.59 Å². The highest BCUT2D eigenvalue weighted by Crippen LogP contribution is 2.29. The minimum Gasteiger partial charge on any atom is -0.268 e. The highest BCUT2D eigenvalue weighted by atomic mass is 79.9. The summed E-state index contributed by atoms with van der Waals surface area (Å²) in [6.07, 6.45) is 5.09. The topological polar surface area (TPSA) is 40.6 Å². The van der Waals surface area contributed by atoms with Crippen LogP contribution in [0.1, 0.15) is 5.56 Å². The van der Waals surface area contributed by atoms with E-state index in [0.29, 0.717) is 11.4 Å². The maximum absolute atomic E-state index is 13.3. The van der Waals surface area contributed by atoms with Gasteiger partial charge in [0.2, 0.25) is 0 Å². The summed E-state index contributed by atoms with van der Waals surface area (Å²) >= 11 is 9.00. The fourth-order valence-electron chi connectivity index (χ4n) is 3.19. The van der Waals surface area contributed by atoms with Crippen LogP contribution in [0.5, 0.6) is 0 Å². The lowest BCUT2D eigenvalue weighted by Gasteiger charge is -2.36. The molecule has 1 aliphatic heterocycles. The van der Waals surface area contributed by atoms with E-state index in [0.717, 1.165) is 10.0 Å². The van der Waals surface area contributed by atoms with Crippen LogP contribution in [0.3, 0.4) is 0 Å². The van der Waals surface area contributed by atoms with Crippen molar-refractivity contribution in [2.75, 3.05) is 9.80 Å². The average molecular weight is 489 g/mol. The fraction of sp³-hybridized carbons (Fsp3) is 0. The van der Waals surface area contributed by atoms with Gasteiger partial charge in [0.05, 0.1) is 11.4 Å². The number of nitrogens with zero attached hydrogens (tertiary/aromatic N) is 2. The maximum atomic E-state index is 13.3. The molecule has 4 rings (SSSR count). The van der Waals surface area contributed by atoms with Gasteiger partial charge in [-0.1, -0.05) is 76.6 Å². The summed E-state index contributed by atoms with van der Waals surface area (Å²) in [6, 6.07) is 26.0. The number of rotatable bonds is 4. The number of anilines is 2. The second kappa shape index (κ2) is 9.20. The summed E-state index contributed by atoms with van der Waals surface area (Å²) in [5.74, 6) is -0.908. The summed E-state index contributed by atoms with van der Waals surface area (Å²) in [6.45, 7) is 0. The Morgan fingerprint density at radius 2 is 1.23 bits per heavy atom. The lowest BCUT2D eigenvalue weighted by atomic mass is 10.1. The first-order valence-electron chi connectivity index (χ1n) is 9.53. The Labute approximate surface area is 194 Å². The summed E-state index contributed by atoms with van der Waals surface area (Å²) in [5.41, 5.74) is 2.19. The van der Waals surface area contributed by atoms with Gasteiger partial charge >= 0.3 is 0 Å². The molecule has 1 heterocycles. The van der Waals surface area contributed by atoms with Crippen molar-refractivity contribution in [3.63, 3.8) is 0 Å². The van der Waals surface area contributed by atoms with E-state index < -0.39 is 11.8 Å². The Morgan fingerprint density at radius 3 is 1.81 bits per heavy atom. The first kappa shape index (κ1) is 20.9. The smallest absolute Gasteiger partial charge is 0.268 e. The Balaban J connectivity index is 1.78. The molecule has 2 amide bonds. The number of allylic oxidation sites excluding steroid dienone is 2. The Kier molecular flexibility index (Phi) is 6.21. The van der Waals surface area contributed by atoms with E-state index in [2.05, 4.69) is 15.9 Å². The highest BCUT2D eigenvalue weighted by molar-refractivity contribution is 9.10. The molecule has 1 aliphatic rings. The van der Waals surface area contributed by atoms with Gasteiger partial charge in [0.25, 0.3) is 11.8 Å². The molecule has 1 saturated heterocycles. The summed E-state index contributed by atoms with van der Waals surface area (Å²) < 4.78 is 0.879. The van der Waals surface area contributed by atoms with Crippen molar-refractivity contribution in [3.8, 4) is 0 Å². The van der Waals surface area contributed by atoms with Crippen molar-refractivity contribution in [1.82, 2.24) is 0 Å². The molecule has 0 atom stereocenters. The van der Waals surface area contributed by atoms with Gasteiger partial charge in [-0.2, -0.15) is 0 Å². The molecule has 0 spiro atoms. The molecule has 0 saturated carbocycles. The van der Waals surface area contributed by atoms with Gasteiger partial charge in [-0.15, -0.1) is 0 Å². The molecular weight excluding hydrogens is 472 g/mol. The van der Waals surface area contributed by atoms with E-state index in [1.165, 1.54) is 9.80 Å². The standard InChI is InChI=1S/C25H17BrN2O2S/c26-19-14-16-21(17-15-19)28-24(30)22(13-7-10-18-8-3-1-4-9-18)23(29)27(25(28)31)20-11-5-2-6-12-20/h1-17H/b10-7-,22-13-. The second-order valence-electron chi connectivity index (χ2n) is 6.73. The molecule has 31 heavy (non-hydrogen) atoms. The van der Waals surface area contributed by atoms with Crippen molar-refractivity contribution in [2.24, 2.45) is 0 Å². The van der Waals surface area contributed by atoms with Gasteiger partial charge in [-0.3, -0.25) is 19.4 Å². The molecule has 0 unspecified atom stereocenters. The maximum Gasteiger partial charge on any atom is 0.270 e. The molecule has 0 aromatic heterocycles.